The summed E-state index contributed by atoms with van der Waals surface area (Å²) in [4.78, 5) is 32.3. The van der Waals surface area contributed by atoms with Crippen LogP contribution >= 0.6 is 23.4 Å². The number of nitrogens with zero attached hydrogens (tertiary/aromatic N) is 4. The van der Waals surface area contributed by atoms with Crippen LogP contribution in [0.2, 0.25) is 5.28 Å². The molecule has 0 bridgehead atoms. The van der Waals surface area contributed by atoms with E-state index in [1.54, 1.807) is 11.2 Å². The van der Waals surface area contributed by atoms with Crippen LogP contribution in [-0.4, -0.2) is 46.8 Å². The van der Waals surface area contributed by atoms with Gasteiger partial charge in [-0.25, -0.2) is 9.78 Å². The molecule has 2 rings (SSSR count). The zero-order chi connectivity index (χ0) is 16.3. The molecule has 0 spiro atoms. The number of methoxy groups -OCH3 is 1. The Labute approximate surface area is 136 Å². The van der Waals surface area contributed by atoms with E-state index in [0.717, 1.165) is 24.6 Å². The van der Waals surface area contributed by atoms with Gasteiger partial charge in [0.05, 0.1) is 12.0 Å². The summed E-state index contributed by atoms with van der Waals surface area (Å²) >= 11 is 7.00. The van der Waals surface area contributed by atoms with Gasteiger partial charge in [-0.05, 0) is 37.1 Å². The summed E-state index contributed by atoms with van der Waals surface area (Å²) < 4.78 is 4.80. The third-order valence-electron chi connectivity index (χ3n) is 3.43. The number of ether oxygens (including phenoxy) is 1. The van der Waals surface area contributed by atoms with Crippen molar-refractivity contribution in [3.63, 3.8) is 0 Å². The Morgan fingerprint density at radius 3 is 2.82 bits per heavy atom. The molecule has 1 saturated heterocycles. The molecule has 0 saturated carbocycles. The lowest BCUT2D eigenvalue weighted by Crippen LogP contribution is -2.46. The molecule has 0 aliphatic carbocycles. The van der Waals surface area contributed by atoms with Crippen LogP contribution in [0.15, 0.2) is 5.03 Å². The fraction of sp³-hybridized carbons (Fsp3) is 0.583. The molecule has 120 valence electrons. The molecule has 0 radical (unpaired) electrons. The minimum atomic E-state index is -0.599. The highest BCUT2D eigenvalue weighted by atomic mass is 35.5. The number of esters is 1. The molecule has 0 N–H and O–H groups in total. The Bertz CT molecular complexity index is 601. The quantitative estimate of drug-likeness (QED) is 0.204. The van der Waals surface area contributed by atoms with E-state index < -0.39 is 16.9 Å². The summed E-state index contributed by atoms with van der Waals surface area (Å²) in [6, 6.07) is -0.599. The van der Waals surface area contributed by atoms with E-state index in [1.165, 1.54) is 7.11 Å². The van der Waals surface area contributed by atoms with Gasteiger partial charge in [0.15, 0.2) is 5.03 Å². The maximum absolute atomic E-state index is 12.0. The third kappa shape index (κ3) is 3.25. The standard InChI is InChI=1S/C12H15ClN4O4S/c1-21-11(18)7-5-3-4-6-16(7)9-8(17(19)20)10(22-2)15-12(13)14-9/h7H,3-6H2,1-2H3. The highest BCUT2D eigenvalue weighted by Gasteiger charge is 2.36. The molecule has 1 aliphatic rings. The number of hydrogen-bond acceptors (Lipinski definition) is 8. The topological polar surface area (TPSA) is 98.5 Å². The molecule has 0 aromatic carbocycles. The normalized spacial score (nSPS) is 18.1. The van der Waals surface area contributed by atoms with E-state index in [-0.39, 0.29) is 21.8 Å². The lowest BCUT2D eigenvalue weighted by atomic mass is 10.0. The highest BCUT2D eigenvalue weighted by molar-refractivity contribution is 7.98. The minimum absolute atomic E-state index is 0.0736. The van der Waals surface area contributed by atoms with Crippen LogP contribution in [0, 0.1) is 10.1 Å². The third-order valence-corrected chi connectivity index (χ3v) is 4.27. The lowest BCUT2D eigenvalue weighted by molar-refractivity contribution is -0.387. The van der Waals surface area contributed by atoms with Crippen molar-refractivity contribution in [1.82, 2.24) is 9.97 Å². The number of halogens is 1. The zero-order valence-electron chi connectivity index (χ0n) is 12.1. The predicted octanol–water partition coefficient (Wildman–Crippen LogP) is 2.29. The molecule has 1 aromatic rings. The van der Waals surface area contributed by atoms with Gasteiger partial charge in [-0.3, -0.25) is 10.1 Å². The Morgan fingerprint density at radius 2 is 2.23 bits per heavy atom. The largest absolute Gasteiger partial charge is 0.467 e. The highest BCUT2D eigenvalue weighted by Crippen LogP contribution is 2.37. The van der Waals surface area contributed by atoms with Crippen molar-refractivity contribution in [3.8, 4) is 0 Å². The van der Waals surface area contributed by atoms with Crippen LogP contribution in [0.3, 0.4) is 0 Å². The number of hydrogen-bond donors (Lipinski definition) is 0. The molecular weight excluding hydrogens is 332 g/mol. The van der Waals surface area contributed by atoms with Crippen LogP contribution < -0.4 is 4.90 Å². The monoisotopic (exact) mass is 346 g/mol. The minimum Gasteiger partial charge on any atom is -0.467 e. The summed E-state index contributed by atoms with van der Waals surface area (Å²) in [5.74, 6) is -0.362. The number of carbonyl (C=O) groups excluding carboxylic acids is 1. The Balaban J connectivity index is 2.55. The fourth-order valence-corrected chi connectivity index (χ4v) is 3.22. The van der Waals surface area contributed by atoms with Gasteiger partial charge in [-0.15, -0.1) is 11.8 Å². The van der Waals surface area contributed by atoms with Crippen LogP contribution in [0.5, 0.6) is 0 Å². The average molecular weight is 347 g/mol. The van der Waals surface area contributed by atoms with Gasteiger partial charge in [0.25, 0.3) is 0 Å². The van der Waals surface area contributed by atoms with Gasteiger partial charge < -0.3 is 9.64 Å². The number of thioether (sulfide) groups is 1. The fourth-order valence-electron chi connectivity index (χ4n) is 2.47. The van der Waals surface area contributed by atoms with Crippen molar-refractivity contribution >= 4 is 40.8 Å². The number of anilines is 1. The van der Waals surface area contributed by atoms with Crippen molar-refractivity contribution in [2.45, 2.75) is 30.3 Å². The summed E-state index contributed by atoms with van der Waals surface area (Å²) in [6.45, 7) is 0.474. The number of carbonyl (C=O) groups is 1. The SMILES string of the molecule is COC(=O)C1CCCCN1c1nc(Cl)nc(SC)c1[N+](=O)[O-]. The van der Waals surface area contributed by atoms with Crippen molar-refractivity contribution in [2.24, 2.45) is 0 Å². The molecule has 1 aliphatic heterocycles. The summed E-state index contributed by atoms with van der Waals surface area (Å²) in [6.07, 6.45) is 3.88. The second-order valence-corrected chi connectivity index (χ2v) is 5.79. The van der Waals surface area contributed by atoms with Gasteiger partial charge in [-0.2, -0.15) is 4.98 Å². The number of piperidine rings is 1. The van der Waals surface area contributed by atoms with E-state index >= 15 is 0 Å². The van der Waals surface area contributed by atoms with Gasteiger partial charge in [-0.1, -0.05) is 0 Å². The number of rotatable bonds is 4. The molecule has 0 amide bonds. The molecule has 1 atom stereocenters. The van der Waals surface area contributed by atoms with Crippen molar-refractivity contribution in [2.75, 3.05) is 24.8 Å². The zero-order valence-corrected chi connectivity index (χ0v) is 13.7. The lowest BCUT2D eigenvalue weighted by Gasteiger charge is -2.34. The molecule has 1 aromatic heterocycles. The summed E-state index contributed by atoms with van der Waals surface area (Å²) in [5, 5.41) is 11.5. The second kappa shape index (κ2) is 7.10. The van der Waals surface area contributed by atoms with Crippen molar-refractivity contribution in [3.05, 3.63) is 15.4 Å². The first kappa shape index (κ1) is 16.8. The van der Waals surface area contributed by atoms with Crippen LogP contribution in [0.25, 0.3) is 0 Å². The van der Waals surface area contributed by atoms with Crippen molar-refractivity contribution < 1.29 is 14.5 Å². The number of aromatic nitrogens is 2. The van der Waals surface area contributed by atoms with Gasteiger partial charge in [0.1, 0.15) is 6.04 Å². The van der Waals surface area contributed by atoms with Gasteiger partial charge in [0, 0.05) is 6.54 Å². The first-order chi connectivity index (χ1) is 10.5. The smallest absolute Gasteiger partial charge is 0.343 e. The summed E-state index contributed by atoms with van der Waals surface area (Å²) in [7, 11) is 1.30. The molecule has 8 nitrogen and oxygen atoms in total. The first-order valence-corrected chi connectivity index (χ1v) is 8.20. The number of nitro groups is 1. The molecule has 1 unspecified atom stereocenters. The van der Waals surface area contributed by atoms with Crippen molar-refractivity contribution in [1.29, 1.82) is 0 Å². The van der Waals surface area contributed by atoms with Gasteiger partial charge in [0.2, 0.25) is 11.1 Å². The van der Waals surface area contributed by atoms with Gasteiger partial charge >= 0.3 is 11.7 Å². The van der Waals surface area contributed by atoms with E-state index in [1.807, 2.05) is 0 Å². The molecule has 10 heteroatoms. The second-order valence-electron chi connectivity index (χ2n) is 4.66. The Morgan fingerprint density at radius 1 is 1.50 bits per heavy atom. The summed E-state index contributed by atoms with van der Waals surface area (Å²) in [5.41, 5.74) is -0.229. The predicted molar refractivity (Wildman–Crippen MR) is 82.5 cm³/mol. The van der Waals surface area contributed by atoms with Crippen LogP contribution in [-0.2, 0) is 9.53 Å². The van der Waals surface area contributed by atoms with E-state index in [2.05, 4.69) is 9.97 Å². The van der Waals surface area contributed by atoms with E-state index in [4.69, 9.17) is 16.3 Å². The van der Waals surface area contributed by atoms with Crippen LogP contribution in [0.4, 0.5) is 11.5 Å². The average Bonchev–Trinajstić information content (AvgIpc) is 2.52. The molecule has 22 heavy (non-hydrogen) atoms. The maximum atomic E-state index is 12.0. The van der Waals surface area contributed by atoms with E-state index in [0.29, 0.717) is 13.0 Å². The van der Waals surface area contributed by atoms with Crippen LogP contribution in [0.1, 0.15) is 19.3 Å². The molecule has 2 heterocycles. The Kier molecular flexibility index (Phi) is 5.41. The first-order valence-electron chi connectivity index (χ1n) is 6.60. The van der Waals surface area contributed by atoms with E-state index in [9.17, 15) is 14.9 Å². The maximum Gasteiger partial charge on any atom is 0.343 e. The Hall–Kier alpha value is -1.61. The molecular formula is C12H15ClN4O4S. The molecule has 1 fully saturated rings.